The first-order valence-electron chi connectivity index (χ1n) is 8.76. The van der Waals surface area contributed by atoms with Crippen LogP contribution in [0.3, 0.4) is 0 Å². The molecule has 4 rings (SSSR count). The van der Waals surface area contributed by atoms with Crippen molar-refractivity contribution >= 4 is 5.78 Å². The summed E-state index contributed by atoms with van der Waals surface area (Å²) in [5.41, 5.74) is 0.333. The van der Waals surface area contributed by atoms with Crippen LogP contribution in [0, 0.1) is 35.0 Å². The number of ketones is 1. The molecule has 4 fully saturated rings. The molecule has 0 heterocycles. The highest BCUT2D eigenvalue weighted by Crippen LogP contribution is 2.61. The zero-order valence-corrected chi connectivity index (χ0v) is 12.7. The Labute approximate surface area is 122 Å². The Morgan fingerprint density at radius 3 is 2.70 bits per heavy atom. The molecule has 0 radical (unpaired) electrons. The fourth-order valence-electron chi connectivity index (χ4n) is 6.61. The number of Topliss-reactive ketones (excluding diaryl/α,β-unsaturated/α-hetero) is 1. The zero-order valence-electron chi connectivity index (χ0n) is 12.7. The van der Waals surface area contributed by atoms with E-state index in [-0.39, 0.29) is 6.10 Å². The van der Waals surface area contributed by atoms with Gasteiger partial charge in [0.1, 0.15) is 5.78 Å². The maximum Gasteiger partial charge on any atom is 0.133 e. The minimum Gasteiger partial charge on any atom is -0.393 e. The molecule has 0 amide bonds. The maximum atomic E-state index is 12.0. The highest BCUT2D eigenvalue weighted by Gasteiger charge is 2.55. The van der Waals surface area contributed by atoms with E-state index in [4.69, 9.17) is 0 Å². The summed E-state index contributed by atoms with van der Waals surface area (Å²) in [6.45, 7) is 2.38. The highest BCUT2D eigenvalue weighted by atomic mass is 16.3. The molecule has 1 N–H and O–H groups in total. The summed E-state index contributed by atoms with van der Waals surface area (Å²) in [5.74, 6) is 4.53. The van der Waals surface area contributed by atoms with Crippen LogP contribution in [0.2, 0.25) is 0 Å². The second-order valence-corrected chi connectivity index (χ2v) is 8.51. The lowest BCUT2D eigenvalue weighted by Crippen LogP contribution is -2.47. The Balaban J connectivity index is 1.57. The van der Waals surface area contributed by atoms with Gasteiger partial charge in [-0.3, -0.25) is 4.79 Å². The van der Waals surface area contributed by atoms with Crippen molar-refractivity contribution < 1.29 is 9.90 Å². The second kappa shape index (κ2) is 4.56. The van der Waals surface area contributed by atoms with Gasteiger partial charge in [-0.2, -0.15) is 0 Å². The molecule has 7 atom stereocenters. The van der Waals surface area contributed by atoms with Crippen LogP contribution >= 0.6 is 0 Å². The molecule has 0 bridgehead atoms. The van der Waals surface area contributed by atoms with E-state index in [0.29, 0.717) is 17.1 Å². The molecule has 4 saturated carbocycles. The molecular weight excluding hydrogens is 248 g/mol. The van der Waals surface area contributed by atoms with Crippen molar-refractivity contribution in [2.24, 2.45) is 35.0 Å². The molecule has 0 aliphatic heterocycles. The molecule has 4 aliphatic rings. The Bertz CT molecular complexity index is 418. The Morgan fingerprint density at radius 1 is 1.05 bits per heavy atom. The zero-order chi connectivity index (χ0) is 13.9. The van der Waals surface area contributed by atoms with Crippen molar-refractivity contribution in [1.82, 2.24) is 0 Å². The summed E-state index contributed by atoms with van der Waals surface area (Å²) in [6, 6.07) is 0. The Kier molecular flexibility index (Phi) is 3.03. The van der Waals surface area contributed by atoms with Crippen LogP contribution in [0.5, 0.6) is 0 Å². The summed E-state index contributed by atoms with van der Waals surface area (Å²) in [6.07, 6.45) is 10.3. The van der Waals surface area contributed by atoms with E-state index in [2.05, 4.69) is 6.92 Å². The predicted molar refractivity (Wildman–Crippen MR) is 78.1 cm³/mol. The van der Waals surface area contributed by atoms with Gasteiger partial charge < -0.3 is 5.11 Å². The molecule has 2 heteroatoms. The van der Waals surface area contributed by atoms with Crippen molar-refractivity contribution in [3.8, 4) is 0 Å². The summed E-state index contributed by atoms with van der Waals surface area (Å²) < 4.78 is 0. The van der Waals surface area contributed by atoms with E-state index in [1.807, 2.05) is 0 Å². The van der Waals surface area contributed by atoms with Gasteiger partial charge in [0.2, 0.25) is 0 Å². The van der Waals surface area contributed by atoms with Gasteiger partial charge >= 0.3 is 0 Å². The van der Waals surface area contributed by atoms with Gasteiger partial charge in [-0.15, -0.1) is 0 Å². The lowest BCUT2D eigenvalue weighted by atomic mass is 9.50. The van der Waals surface area contributed by atoms with Gasteiger partial charge in [-0.05, 0) is 80.0 Å². The van der Waals surface area contributed by atoms with Crippen LogP contribution < -0.4 is 0 Å². The van der Waals surface area contributed by atoms with Crippen LogP contribution in [0.4, 0.5) is 0 Å². The third-order valence-corrected chi connectivity index (χ3v) is 7.49. The van der Waals surface area contributed by atoms with Crippen LogP contribution in [-0.2, 0) is 4.79 Å². The Hall–Kier alpha value is -0.370. The summed E-state index contributed by atoms with van der Waals surface area (Å²) >= 11 is 0. The van der Waals surface area contributed by atoms with Crippen LogP contribution in [0.15, 0.2) is 0 Å². The standard InChI is InChI=1S/C18H28O2/c1-18-7-6-15-14-5-3-12(19)8-11(14)2-4-16(15)17(18)9-13(20)10-18/h11-12,14-17,19H,2-10H2,1H3. The molecule has 20 heavy (non-hydrogen) atoms. The van der Waals surface area contributed by atoms with Gasteiger partial charge in [0, 0.05) is 12.8 Å². The second-order valence-electron chi connectivity index (χ2n) is 8.51. The fraction of sp³-hybridized carbons (Fsp3) is 0.944. The number of aliphatic hydroxyl groups excluding tert-OH is 1. The lowest BCUT2D eigenvalue weighted by Gasteiger charge is -2.54. The van der Waals surface area contributed by atoms with E-state index in [1.165, 1.54) is 32.1 Å². The van der Waals surface area contributed by atoms with Crippen molar-refractivity contribution in [1.29, 1.82) is 0 Å². The van der Waals surface area contributed by atoms with Crippen molar-refractivity contribution in [2.75, 3.05) is 0 Å². The van der Waals surface area contributed by atoms with Gasteiger partial charge in [-0.25, -0.2) is 0 Å². The van der Waals surface area contributed by atoms with Gasteiger partial charge in [0.25, 0.3) is 0 Å². The maximum absolute atomic E-state index is 12.0. The van der Waals surface area contributed by atoms with E-state index in [1.54, 1.807) is 0 Å². The van der Waals surface area contributed by atoms with E-state index in [0.717, 1.165) is 49.4 Å². The van der Waals surface area contributed by atoms with Crippen LogP contribution in [-0.4, -0.2) is 17.0 Å². The van der Waals surface area contributed by atoms with Gasteiger partial charge in [0.05, 0.1) is 6.10 Å². The average Bonchev–Trinajstić information content (AvgIpc) is 2.72. The quantitative estimate of drug-likeness (QED) is 0.734. The largest absolute Gasteiger partial charge is 0.393 e. The first-order chi connectivity index (χ1) is 9.57. The summed E-state index contributed by atoms with van der Waals surface area (Å²) in [4.78, 5) is 12.0. The minimum absolute atomic E-state index is 0.0327. The van der Waals surface area contributed by atoms with Crippen molar-refractivity contribution in [2.45, 2.75) is 70.8 Å². The highest BCUT2D eigenvalue weighted by molar-refractivity contribution is 5.82. The molecule has 112 valence electrons. The summed E-state index contributed by atoms with van der Waals surface area (Å²) in [7, 11) is 0. The number of rotatable bonds is 0. The SMILES string of the molecule is CC12CCC3C4CCC(O)CC4CCC3C1CC(=O)C2. The molecule has 0 spiro atoms. The van der Waals surface area contributed by atoms with Crippen LogP contribution in [0.1, 0.15) is 64.7 Å². The van der Waals surface area contributed by atoms with E-state index >= 15 is 0 Å². The Morgan fingerprint density at radius 2 is 1.85 bits per heavy atom. The minimum atomic E-state index is -0.0327. The molecule has 0 aromatic rings. The predicted octanol–water partition coefficient (Wildman–Crippen LogP) is 3.57. The third kappa shape index (κ3) is 1.90. The molecule has 0 aromatic carbocycles. The smallest absolute Gasteiger partial charge is 0.133 e. The molecule has 7 unspecified atom stereocenters. The number of hydrogen-bond donors (Lipinski definition) is 1. The molecule has 4 aliphatic carbocycles. The van der Waals surface area contributed by atoms with Gasteiger partial charge in [0.15, 0.2) is 0 Å². The third-order valence-electron chi connectivity index (χ3n) is 7.49. The van der Waals surface area contributed by atoms with E-state index in [9.17, 15) is 9.90 Å². The van der Waals surface area contributed by atoms with Crippen LogP contribution in [0.25, 0.3) is 0 Å². The fourth-order valence-corrected chi connectivity index (χ4v) is 6.61. The lowest BCUT2D eigenvalue weighted by molar-refractivity contribution is -0.118. The first-order valence-corrected chi connectivity index (χ1v) is 8.76. The molecule has 0 aromatic heterocycles. The summed E-state index contributed by atoms with van der Waals surface area (Å²) in [5, 5.41) is 9.93. The van der Waals surface area contributed by atoms with Gasteiger partial charge in [-0.1, -0.05) is 6.92 Å². The number of fused-ring (bicyclic) bond motifs is 5. The topological polar surface area (TPSA) is 37.3 Å². The first kappa shape index (κ1) is 13.3. The number of hydrogen-bond acceptors (Lipinski definition) is 2. The molecular formula is C18H28O2. The average molecular weight is 276 g/mol. The number of carbonyl (C=O) groups excluding carboxylic acids is 1. The van der Waals surface area contributed by atoms with E-state index < -0.39 is 0 Å². The van der Waals surface area contributed by atoms with Crippen molar-refractivity contribution in [3.63, 3.8) is 0 Å². The monoisotopic (exact) mass is 276 g/mol. The normalized spacial score (nSPS) is 55.0. The molecule has 2 nitrogen and oxygen atoms in total. The number of aliphatic hydroxyl groups is 1. The molecule has 0 saturated heterocycles. The number of carbonyl (C=O) groups is 1. The van der Waals surface area contributed by atoms with Crippen molar-refractivity contribution in [3.05, 3.63) is 0 Å².